The molecule has 0 radical (unpaired) electrons. The Bertz CT molecular complexity index is 1650. The monoisotopic (exact) mass is 495 g/mol. The summed E-state index contributed by atoms with van der Waals surface area (Å²) in [5.74, 6) is -0.956. The molecule has 0 aliphatic rings. The van der Waals surface area contributed by atoms with E-state index in [1.165, 1.54) is 25.1 Å². The fourth-order valence-corrected chi connectivity index (χ4v) is 4.05. The van der Waals surface area contributed by atoms with Crippen LogP contribution in [-0.4, -0.2) is 27.9 Å². The number of para-hydroxylation sites is 2. The van der Waals surface area contributed by atoms with E-state index in [-0.39, 0.29) is 16.9 Å². The Balaban J connectivity index is 1.43. The van der Waals surface area contributed by atoms with Gasteiger partial charge in [0.25, 0.3) is 11.6 Å². The molecule has 0 bridgehead atoms. The molecule has 0 spiro atoms. The molecule has 0 aliphatic heterocycles. The van der Waals surface area contributed by atoms with Crippen LogP contribution in [0.4, 0.5) is 11.4 Å². The van der Waals surface area contributed by atoms with Gasteiger partial charge in [0.15, 0.2) is 11.7 Å². The predicted molar refractivity (Wildman–Crippen MR) is 138 cm³/mol. The number of nitrogens with zero attached hydrogens (tertiary/aromatic N) is 2. The molecule has 5 rings (SSSR count). The highest BCUT2D eigenvalue weighted by molar-refractivity contribution is 6.10. The maximum absolute atomic E-state index is 13.2. The smallest absolute Gasteiger partial charge is 0.339 e. The quantitative estimate of drug-likeness (QED) is 0.173. The van der Waals surface area contributed by atoms with Crippen molar-refractivity contribution in [1.29, 1.82) is 0 Å². The number of nitro groups is 1. The molecule has 0 aliphatic carbocycles. The number of benzene rings is 4. The van der Waals surface area contributed by atoms with Crippen LogP contribution in [0.15, 0.2) is 83.3 Å². The molecule has 0 saturated carbocycles. The average Bonchev–Trinajstić information content (AvgIpc) is 3.33. The Kier molecular flexibility index (Phi) is 6.10. The summed E-state index contributed by atoms with van der Waals surface area (Å²) in [5.41, 5.74) is 2.92. The second-order valence-corrected chi connectivity index (χ2v) is 8.49. The van der Waals surface area contributed by atoms with E-state index in [1.807, 2.05) is 48.5 Å². The molecule has 1 aromatic heterocycles. The number of hydrogen-bond acceptors (Lipinski definition) is 7. The number of hydrogen-bond donors (Lipinski definition) is 1. The van der Waals surface area contributed by atoms with Crippen molar-refractivity contribution in [2.24, 2.45) is 0 Å². The summed E-state index contributed by atoms with van der Waals surface area (Å²) in [6.07, 6.45) is -1.17. The minimum absolute atomic E-state index is 0.159. The van der Waals surface area contributed by atoms with E-state index in [1.54, 1.807) is 19.1 Å². The van der Waals surface area contributed by atoms with Crippen LogP contribution in [0.2, 0.25) is 0 Å². The van der Waals surface area contributed by atoms with Crippen LogP contribution in [0.25, 0.3) is 33.3 Å². The number of amides is 1. The van der Waals surface area contributed by atoms with E-state index in [0.717, 1.165) is 5.39 Å². The molecule has 1 amide bonds. The zero-order valence-electron chi connectivity index (χ0n) is 19.9. The summed E-state index contributed by atoms with van der Waals surface area (Å²) in [5, 5.41) is 15.1. The Morgan fingerprint density at radius 3 is 2.54 bits per heavy atom. The maximum atomic E-state index is 13.2. The lowest BCUT2D eigenvalue weighted by atomic mass is 9.99. The van der Waals surface area contributed by atoms with Crippen molar-refractivity contribution in [2.45, 2.75) is 20.0 Å². The summed E-state index contributed by atoms with van der Waals surface area (Å²) in [6, 6.07) is 22.2. The number of rotatable bonds is 6. The first-order valence-electron chi connectivity index (χ1n) is 11.5. The number of non-ortho nitro benzene ring substituents is 1. The molecule has 5 aromatic rings. The number of nitrogens with one attached hydrogen (secondary N) is 1. The fourth-order valence-electron chi connectivity index (χ4n) is 4.05. The van der Waals surface area contributed by atoms with Crippen LogP contribution in [0.5, 0.6) is 0 Å². The van der Waals surface area contributed by atoms with Gasteiger partial charge in [-0.15, -0.1) is 0 Å². The molecule has 37 heavy (non-hydrogen) atoms. The van der Waals surface area contributed by atoms with Crippen molar-refractivity contribution in [3.8, 4) is 11.5 Å². The Morgan fingerprint density at radius 2 is 1.78 bits per heavy atom. The number of carbonyl (C=O) groups excluding carboxylic acids is 2. The van der Waals surface area contributed by atoms with Crippen molar-refractivity contribution < 1.29 is 23.7 Å². The Hall–Kier alpha value is -5.05. The minimum atomic E-state index is -1.17. The highest BCUT2D eigenvalue weighted by Gasteiger charge is 2.23. The topological polar surface area (TPSA) is 125 Å². The third-order valence-corrected chi connectivity index (χ3v) is 5.99. The molecule has 184 valence electrons. The van der Waals surface area contributed by atoms with Gasteiger partial charge in [0, 0.05) is 23.1 Å². The number of aromatic nitrogens is 1. The number of oxazole rings is 1. The van der Waals surface area contributed by atoms with Crippen LogP contribution in [0, 0.1) is 17.0 Å². The normalized spacial score (nSPS) is 11.8. The number of carbonyl (C=O) groups is 2. The molecule has 1 heterocycles. The van der Waals surface area contributed by atoms with Crippen molar-refractivity contribution in [2.75, 3.05) is 5.32 Å². The molecule has 0 fully saturated rings. The number of fused-ring (bicyclic) bond motifs is 2. The zero-order valence-corrected chi connectivity index (χ0v) is 19.9. The van der Waals surface area contributed by atoms with E-state index in [2.05, 4.69) is 10.3 Å². The van der Waals surface area contributed by atoms with Gasteiger partial charge in [0.1, 0.15) is 5.52 Å². The fraction of sp³-hybridized carbons (Fsp3) is 0.107. The number of esters is 1. The summed E-state index contributed by atoms with van der Waals surface area (Å²) >= 11 is 0. The van der Waals surface area contributed by atoms with Gasteiger partial charge < -0.3 is 14.5 Å². The molecular formula is C28H21N3O6. The van der Waals surface area contributed by atoms with Gasteiger partial charge >= 0.3 is 5.97 Å². The number of ether oxygens (including phenoxy) is 1. The second kappa shape index (κ2) is 9.54. The summed E-state index contributed by atoms with van der Waals surface area (Å²) in [6.45, 7) is 3.15. The average molecular weight is 495 g/mol. The van der Waals surface area contributed by atoms with Crippen molar-refractivity contribution in [3.05, 3.63) is 100 Å². The molecular weight excluding hydrogens is 474 g/mol. The molecule has 9 heteroatoms. The SMILES string of the molecule is Cc1ccc([N+](=O)[O-])cc1NC(=O)C(C)OC(=O)c1cccc2cccc(-c3nc4ccccc4o3)c12. The third-order valence-electron chi connectivity index (χ3n) is 5.99. The van der Waals surface area contributed by atoms with Crippen LogP contribution < -0.4 is 5.32 Å². The second-order valence-electron chi connectivity index (χ2n) is 8.49. The highest BCUT2D eigenvalue weighted by atomic mass is 16.6. The van der Waals surface area contributed by atoms with E-state index in [4.69, 9.17) is 9.15 Å². The molecule has 0 saturated heterocycles. The predicted octanol–water partition coefficient (Wildman–Crippen LogP) is 6.05. The lowest BCUT2D eigenvalue weighted by molar-refractivity contribution is -0.384. The summed E-state index contributed by atoms with van der Waals surface area (Å²) < 4.78 is 11.5. The lowest BCUT2D eigenvalue weighted by Gasteiger charge is -2.16. The first-order chi connectivity index (χ1) is 17.8. The van der Waals surface area contributed by atoms with Crippen LogP contribution in [0.3, 0.4) is 0 Å². The van der Waals surface area contributed by atoms with Gasteiger partial charge in [0.2, 0.25) is 5.89 Å². The minimum Gasteiger partial charge on any atom is -0.449 e. The Morgan fingerprint density at radius 1 is 1.03 bits per heavy atom. The highest BCUT2D eigenvalue weighted by Crippen LogP contribution is 2.33. The van der Waals surface area contributed by atoms with Gasteiger partial charge in [-0.25, -0.2) is 9.78 Å². The lowest BCUT2D eigenvalue weighted by Crippen LogP contribution is -2.30. The number of nitro benzene ring substituents is 1. The van der Waals surface area contributed by atoms with E-state index in [0.29, 0.717) is 33.5 Å². The standard InChI is InChI=1S/C28H21N3O6/c1-16-13-14-19(31(34)35)15-23(16)29-26(32)17(2)36-28(33)21-10-6-8-18-7-5-9-20(25(18)21)27-30-22-11-3-4-12-24(22)37-27/h3-15,17H,1-2H3,(H,29,32). The molecule has 9 nitrogen and oxygen atoms in total. The van der Waals surface area contributed by atoms with Gasteiger partial charge in [-0.1, -0.05) is 42.5 Å². The molecule has 4 aromatic carbocycles. The number of aryl methyl sites for hydroxylation is 1. The first-order valence-corrected chi connectivity index (χ1v) is 11.5. The van der Waals surface area contributed by atoms with Gasteiger partial charge in [0.05, 0.1) is 16.2 Å². The first kappa shape index (κ1) is 23.7. The van der Waals surface area contributed by atoms with E-state index < -0.39 is 22.9 Å². The van der Waals surface area contributed by atoms with Crippen molar-refractivity contribution in [3.63, 3.8) is 0 Å². The van der Waals surface area contributed by atoms with Crippen molar-refractivity contribution >= 4 is 45.1 Å². The number of anilines is 1. The third kappa shape index (κ3) is 4.62. The summed E-state index contributed by atoms with van der Waals surface area (Å²) in [7, 11) is 0. The van der Waals surface area contributed by atoms with Crippen LogP contribution in [-0.2, 0) is 9.53 Å². The van der Waals surface area contributed by atoms with E-state index in [9.17, 15) is 19.7 Å². The van der Waals surface area contributed by atoms with E-state index >= 15 is 0 Å². The van der Waals surface area contributed by atoms with Gasteiger partial charge in [-0.3, -0.25) is 14.9 Å². The molecule has 1 unspecified atom stereocenters. The Labute approximate surface area is 210 Å². The largest absolute Gasteiger partial charge is 0.449 e. The van der Waals surface area contributed by atoms with Crippen molar-refractivity contribution in [1.82, 2.24) is 4.98 Å². The van der Waals surface area contributed by atoms with Gasteiger partial charge in [-0.2, -0.15) is 0 Å². The molecule has 1 N–H and O–H groups in total. The van der Waals surface area contributed by atoms with Gasteiger partial charge in [-0.05, 0) is 49.1 Å². The van der Waals surface area contributed by atoms with Crippen LogP contribution >= 0.6 is 0 Å². The molecule has 1 atom stereocenters. The zero-order chi connectivity index (χ0) is 26.1. The summed E-state index contributed by atoms with van der Waals surface area (Å²) in [4.78, 5) is 41.1. The van der Waals surface area contributed by atoms with Crippen LogP contribution in [0.1, 0.15) is 22.8 Å². The maximum Gasteiger partial charge on any atom is 0.339 e.